The molecule has 0 radical (unpaired) electrons. The SMILES string of the molecule is Cn1ccc(Cn2c(CCCl)nc3cc(Br)c(F)cc32)n1. The van der Waals surface area contributed by atoms with Crippen molar-refractivity contribution in [3.05, 3.63) is 46.2 Å². The largest absolute Gasteiger partial charge is 0.322 e. The first-order valence-corrected chi connectivity index (χ1v) is 7.80. The lowest BCUT2D eigenvalue weighted by Crippen LogP contribution is -2.07. The van der Waals surface area contributed by atoms with Crippen LogP contribution in [0.25, 0.3) is 11.0 Å². The van der Waals surface area contributed by atoms with Crippen LogP contribution < -0.4 is 0 Å². The van der Waals surface area contributed by atoms with E-state index in [4.69, 9.17) is 11.6 Å². The van der Waals surface area contributed by atoms with E-state index in [-0.39, 0.29) is 5.82 Å². The number of nitrogens with zero attached hydrogens (tertiary/aromatic N) is 4. The summed E-state index contributed by atoms with van der Waals surface area (Å²) in [5.74, 6) is 1.00. The topological polar surface area (TPSA) is 35.6 Å². The summed E-state index contributed by atoms with van der Waals surface area (Å²) in [6.07, 6.45) is 2.51. The molecule has 0 unspecified atom stereocenters. The van der Waals surface area contributed by atoms with E-state index in [1.165, 1.54) is 6.07 Å². The van der Waals surface area contributed by atoms with E-state index < -0.39 is 0 Å². The maximum Gasteiger partial charge on any atom is 0.139 e. The van der Waals surface area contributed by atoms with Gasteiger partial charge in [-0.1, -0.05) is 0 Å². The first-order valence-electron chi connectivity index (χ1n) is 6.47. The predicted octanol–water partition coefficient (Wildman–Crippen LogP) is 3.50. The number of rotatable bonds is 4. The molecule has 110 valence electrons. The van der Waals surface area contributed by atoms with Crippen LogP contribution in [0.1, 0.15) is 11.5 Å². The highest BCUT2D eigenvalue weighted by molar-refractivity contribution is 9.10. The van der Waals surface area contributed by atoms with E-state index in [0.29, 0.717) is 23.3 Å². The van der Waals surface area contributed by atoms with Crippen LogP contribution in [0.5, 0.6) is 0 Å². The highest BCUT2D eigenvalue weighted by Crippen LogP contribution is 2.25. The Balaban J connectivity index is 2.12. The molecule has 3 rings (SSSR count). The quantitative estimate of drug-likeness (QED) is 0.658. The Labute approximate surface area is 134 Å². The maximum absolute atomic E-state index is 13.8. The Kier molecular flexibility index (Phi) is 3.99. The van der Waals surface area contributed by atoms with Gasteiger partial charge in [0.15, 0.2) is 0 Å². The van der Waals surface area contributed by atoms with E-state index in [0.717, 1.165) is 22.6 Å². The van der Waals surface area contributed by atoms with Gasteiger partial charge in [0.05, 0.1) is 27.7 Å². The number of imidazole rings is 1. The van der Waals surface area contributed by atoms with Crippen molar-refractivity contribution in [3.8, 4) is 0 Å². The van der Waals surface area contributed by atoms with Crippen molar-refractivity contribution in [2.24, 2.45) is 7.05 Å². The van der Waals surface area contributed by atoms with Gasteiger partial charge in [0.1, 0.15) is 11.6 Å². The summed E-state index contributed by atoms with van der Waals surface area (Å²) < 4.78 is 18.0. The lowest BCUT2D eigenvalue weighted by molar-refractivity contribution is 0.621. The first kappa shape index (κ1) is 14.5. The molecule has 4 nitrogen and oxygen atoms in total. The second-order valence-corrected chi connectivity index (χ2v) is 6.02. The molecule has 2 heterocycles. The zero-order chi connectivity index (χ0) is 15.0. The van der Waals surface area contributed by atoms with Crippen LogP contribution in [0.15, 0.2) is 28.9 Å². The van der Waals surface area contributed by atoms with Crippen molar-refractivity contribution < 1.29 is 4.39 Å². The van der Waals surface area contributed by atoms with Crippen LogP contribution in [0.2, 0.25) is 0 Å². The van der Waals surface area contributed by atoms with Crippen molar-refractivity contribution in [1.29, 1.82) is 0 Å². The molecule has 0 aliphatic heterocycles. The minimum Gasteiger partial charge on any atom is -0.322 e. The van der Waals surface area contributed by atoms with Crippen LogP contribution >= 0.6 is 27.5 Å². The van der Waals surface area contributed by atoms with Crippen molar-refractivity contribution in [2.75, 3.05) is 5.88 Å². The van der Waals surface area contributed by atoms with E-state index in [1.807, 2.05) is 23.9 Å². The summed E-state index contributed by atoms with van der Waals surface area (Å²) in [5, 5.41) is 4.37. The third-order valence-electron chi connectivity index (χ3n) is 3.28. The molecule has 0 saturated heterocycles. The average Bonchev–Trinajstić information content (AvgIpc) is 2.97. The zero-order valence-corrected chi connectivity index (χ0v) is 13.7. The summed E-state index contributed by atoms with van der Waals surface area (Å²) in [6, 6.07) is 5.12. The fraction of sp³-hybridized carbons (Fsp3) is 0.286. The fourth-order valence-electron chi connectivity index (χ4n) is 2.33. The van der Waals surface area contributed by atoms with E-state index in [1.54, 1.807) is 10.7 Å². The molecule has 0 aliphatic carbocycles. The molecule has 0 aliphatic rings. The number of aryl methyl sites for hydroxylation is 2. The molecule has 0 saturated carbocycles. The Morgan fingerprint density at radius 3 is 2.86 bits per heavy atom. The van der Waals surface area contributed by atoms with Gasteiger partial charge in [-0.05, 0) is 28.1 Å². The standard InChI is InChI=1S/C14H13BrClFN4/c1-20-5-3-9(19-20)8-21-13-7-11(17)10(15)6-12(13)18-14(21)2-4-16/h3,5-7H,2,4,8H2,1H3. The lowest BCUT2D eigenvalue weighted by Gasteiger charge is -2.07. The van der Waals surface area contributed by atoms with Gasteiger partial charge < -0.3 is 4.57 Å². The van der Waals surface area contributed by atoms with Gasteiger partial charge in [-0.2, -0.15) is 5.10 Å². The normalized spacial score (nSPS) is 11.4. The average molecular weight is 372 g/mol. The Hall–Kier alpha value is -1.40. The zero-order valence-electron chi connectivity index (χ0n) is 11.4. The highest BCUT2D eigenvalue weighted by Gasteiger charge is 2.14. The van der Waals surface area contributed by atoms with Crippen LogP contribution in [0.4, 0.5) is 4.39 Å². The van der Waals surface area contributed by atoms with Crippen molar-refractivity contribution in [1.82, 2.24) is 19.3 Å². The van der Waals surface area contributed by atoms with Gasteiger partial charge >= 0.3 is 0 Å². The first-order chi connectivity index (χ1) is 10.1. The second kappa shape index (κ2) is 5.77. The van der Waals surface area contributed by atoms with Gasteiger partial charge in [0.2, 0.25) is 0 Å². The van der Waals surface area contributed by atoms with Crippen LogP contribution in [-0.4, -0.2) is 25.2 Å². The van der Waals surface area contributed by atoms with E-state index >= 15 is 0 Å². The molecule has 2 aromatic heterocycles. The third kappa shape index (κ3) is 2.82. The Morgan fingerprint density at radius 1 is 1.38 bits per heavy atom. The summed E-state index contributed by atoms with van der Waals surface area (Å²) in [4.78, 5) is 4.55. The second-order valence-electron chi connectivity index (χ2n) is 4.79. The van der Waals surface area contributed by atoms with Gasteiger partial charge in [0.25, 0.3) is 0 Å². The van der Waals surface area contributed by atoms with Gasteiger partial charge in [-0.15, -0.1) is 11.6 Å². The summed E-state index contributed by atoms with van der Waals surface area (Å²) in [5.41, 5.74) is 2.40. The number of halogens is 3. The number of hydrogen-bond acceptors (Lipinski definition) is 2. The van der Waals surface area contributed by atoms with Crippen molar-refractivity contribution >= 4 is 38.6 Å². The molecule has 0 amide bonds. The molecular weight excluding hydrogens is 359 g/mol. The van der Waals surface area contributed by atoms with Gasteiger partial charge in [-0.3, -0.25) is 4.68 Å². The molecule has 0 atom stereocenters. The molecule has 0 fully saturated rings. The monoisotopic (exact) mass is 370 g/mol. The summed E-state index contributed by atoms with van der Waals surface area (Å²) in [6.45, 7) is 0.546. The number of alkyl halides is 1. The molecule has 0 N–H and O–H groups in total. The highest BCUT2D eigenvalue weighted by atomic mass is 79.9. The van der Waals surface area contributed by atoms with Crippen molar-refractivity contribution in [2.45, 2.75) is 13.0 Å². The van der Waals surface area contributed by atoms with Gasteiger partial charge in [0, 0.05) is 31.6 Å². The fourth-order valence-corrected chi connectivity index (χ4v) is 2.83. The molecule has 0 bridgehead atoms. The molecular formula is C14H13BrClFN4. The van der Waals surface area contributed by atoms with Crippen molar-refractivity contribution in [3.63, 3.8) is 0 Å². The minimum atomic E-state index is -0.304. The maximum atomic E-state index is 13.8. The Morgan fingerprint density at radius 2 is 2.19 bits per heavy atom. The number of fused-ring (bicyclic) bond motifs is 1. The number of aromatic nitrogens is 4. The van der Waals surface area contributed by atoms with Gasteiger partial charge in [-0.25, -0.2) is 9.37 Å². The summed E-state index contributed by atoms with van der Waals surface area (Å²) >= 11 is 9.04. The molecule has 7 heteroatoms. The van der Waals surface area contributed by atoms with Crippen LogP contribution in [0, 0.1) is 5.82 Å². The smallest absolute Gasteiger partial charge is 0.139 e. The third-order valence-corrected chi connectivity index (χ3v) is 4.07. The number of benzene rings is 1. The van der Waals surface area contributed by atoms with E-state index in [2.05, 4.69) is 26.0 Å². The molecule has 3 aromatic rings. The van der Waals surface area contributed by atoms with Crippen LogP contribution in [0.3, 0.4) is 0 Å². The predicted molar refractivity (Wildman–Crippen MR) is 84.1 cm³/mol. The Bertz CT molecular complexity index is 796. The minimum absolute atomic E-state index is 0.304. The molecule has 21 heavy (non-hydrogen) atoms. The molecule has 0 spiro atoms. The molecule has 1 aromatic carbocycles. The van der Waals surface area contributed by atoms with Crippen LogP contribution in [-0.2, 0) is 20.0 Å². The number of hydrogen-bond donors (Lipinski definition) is 0. The lowest BCUT2D eigenvalue weighted by atomic mass is 10.3. The van der Waals surface area contributed by atoms with E-state index in [9.17, 15) is 4.39 Å². The summed E-state index contributed by atoms with van der Waals surface area (Å²) in [7, 11) is 1.87.